The molecule has 108 valence electrons. The van der Waals surface area contributed by atoms with E-state index in [2.05, 4.69) is 0 Å². The number of rotatable bonds is 5. The zero-order valence-corrected chi connectivity index (χ0v) is 12.7. The van der Waals surface area contributed by atoms with E-state index in [0.29, 0.717) is 18.8 Å². The zero-order valence-electron chi connectivity index (χ0n) is 11.0. The van der Waals surface area contributed by atoms with Crippen molar-refractivity contribution in [2.45, 2.75) is 25.4 Å². The third-order valence-corrected chi connectivity index (χ3v) is 6.74. The average molecular weight is 304 g/mol. The molecule has 1 unspecified atom stereocenters. The lowest BCUT2D eigenvalue weighted by Crippen LogP contribution is -2.47. The Balaban J connectivity index is 2.17. The number of furan rings is 1. The number of nitrogens with zero attached hydrogens (tertiary/aromatic N) is 1. The lowest BCUT2D eigenvalue weighted by atomic mass is 10.2. The van der Waals surface area contributed by atoms with E-state index in [-0.39, 0.29) is 5.75 Å². The van der Waals surface area contributed by atoms with Crippen molar-refractivity contribution in [2.24, 2.45) is 5.73 Å². The molecule has 0 spiro atoms. The Morgan fingerprint density at radius 3 is 3.05 bits per heavy atom. The molecule has 2 heterocycles. The fraction of sp³-hybridized carbons (Fsp3) is 0.667. The van der Waals surface area contributed by atoms with Crippen LogP contribution in [0.4, 0.5) is 0 Å². The molecule has 1 aromatic rings. The van der Waals surface area contributed by atoms with Gasteiger partial charge in [0.1, 0.15) is 11.1 Å². The molecule has 1 atom stereocenters. The van der Waals surface area contributed by atoms with Gasteiger partial charge in [0.2, 0.25) is 0 Å². The maximum atomic E-state index is 12.1. The van der Waals surface area contributed by atoms with Gasteiger partial charge in [0.25, 0.3) is 0 Å². The molecule has 7 heteroatoms. The SMILES string of the molecule is CCS(=O)(=O)C1CSCCN1Cc1occc1CN. The van der Waals surface area contributed by atoms with Crippen molar-refractivity contribution in [3.63, 3.8) is 0 Å². The van der Waals surface area contributed by atoms with E-state index >= 15 is 0 Å². The molecule has 1 aliphatic heterocycles. The summed E-state index contributed by atoms with van der Waals surface area (Å²) in [5, 5.41) is -0.410. The number of hydrogen-bond acceptors (Lipinski definition) is 6. The molecule has 0 amide bonds. The first-order valence-corrected chi connectivity index (χ1v) is 9.24. The summed E-state index contributed by atoms with van der Waals surface area (Å²) in [6.07, 6.45) is 1.61. The minimum Gasteiger partial charge on any atom is -0.468 e. The predicted molar refractivity (Wildman–Crippen MR) is 77.6 cm³/mol. The Labute approximate surface area is 118 Å². The molecular formula is C12H20N2O3S2. The van der Waals surface area contributed by atoms with E-state index in [1.165, 1.54) is 0 Å². The Hall–Kier alpha value is -0.500. The predicted octanol–water partition coefficient (Wildman–Crippen LogP) is 1.05. The third-order valence-electron chi connectivity index (χ3n) is 3.41. The van der Waals surface area contributed by atoms with Gasteiger partial charge in [-0.05, 0) is 6.07 Å². The number of hydrogen-bond donors (Lipinski definition) is 1. The Morgan fingerprint density at radius 2 is 2.37 bits per heavy atom. The van der Waals surface area contributed by atoms with Crippen molar-refractivity contribution >= 4 is 21.6 Å². The van der Waals surface area contributed by atoms with Gasteiger partial charge in [0.15, 0.2) is 9.84 Å². The monoisotopic (exact) mass is 304 g/mol. The largest absolute Gasteiger partial charge is 0.468 e. The quantitative estimate of drug-likeness (QED) is 0.876. The highest BCUT2D eigenvalue weighted by Gasteiger charge is 2.33. The lowest BCUT2D eigenvalue weighted by Gasteiger charge is -2.34. The Kier molecular flexibility index (Phi) is 4.94. The van der Waals surface area contributed by atoms with E-state index in [0.717, 1.165) is 23.6 Å². The summed E-state index contributed by atoms with van der Waals surface area (Å²) < 4.78 is 29.7. The van der Waals surface area contributed by atoms with Crippen LogP contribution in [0.3, 0.4) is 0 Å². The maximum Gasteiger partial charge on any atom is 0.166 e. The normalized spacial score (nSPS) is 21.7. The summed E-state index contributed by atoms with van der Waals surface area (Å²) in [6.45, 7) is 3.40. The fourth-order valence-electron chi connectivity index (χ4n) is 2.19. The van der Waals surface area contributed by atoms with Gasteiger partial charge in [-0.25, -0.2) is 8.42 Å². The molecule has 1 saturated heterocycles. The zero-order chi connectivity index (χ0) is 13.9. The van der Waals surface area contributed by atoms with Crippen LogP contribution in [0, 0.1) is 0 Å². The van der Waals surface area contributed by atoms with Crippen LogP contribution in [0.1, 0.15) is 18.2 Å². The molecule has 0 aromatic carbocycles. The van der Waals surface area contributed by atoms with Gasteiger partial charge >= 0.3 is 0 Å². The van der Waals surface area contributed by atoms with Crippen molar-refractivity contribution in [3.8, 4) is 0 Å². The lowest BCUT2D eigenvalue weighted by molar-refractivity contribution is 0.239. The van der Waals surface area contributed by atoms with Crippen molar-refractivity contribution in [2.75, 3.05) is 23.8 Å². The molecule has 2 N–H and O–H groups in total. The highest BCUT2D eigenvalue weighted by Crippen LogP contribution is 2.24. The molecule has 1 fully saturated rings. The standard InChI is InChI=1S/C12H20N2O3S2/c1-2-19(15,16)12-9-18-6-4-14(12)8-11-10(7-13)3-5-17-11/h3,5,12H,2,4,6-9,13H2,1H3. The van der Waals surface area contributed by atoms with Crippen LogP contribution in [0.5, 0.6) is 0 Å². The van der Waals surface area contributed by atoms with Crippen LogP contribution in [0.2, 0.25) is 0 Å². The van der Waals surface area contributed by atoms with Crippen LogP contribution in [-0.4, -0.2) is 42.5 Å². The minimum absolute atomic E-state index is 0.177. The van der Waals surface area contributed by atoms with Crippen LogP contribution in [0.25, 0.3) is 0 Å². The second-order valence-electron chi connectivity index (χ2n) is 4.52. The fourth-order valence-corrected chi connectivity index (χ4v) is 5.27. The molecule has 0 aliphatic carbocycles. The molecule has 1 aromatic heterocycles. The van der Waals surface area contributed by atoms with Gasteiger partial charge in [-0.15, -0.1) is 0 Å². The first-order chi connectivity index (χ1) is 9.08. The first-order valence-electron chi connectivity index (χ1n) is 6.37. The van der Waals surface area contributed by atoms with Gasteiger partial charge < -0.3 is 10.2 Å². The van der Waals surface area contributed by atoms with E-state index < -0.39 is 15.2 Å². The molecular weight excluding hydrogens is 284 g/mol. The van der Waals surface area contributed by atoms with Crippen LogP contribution < -0.4 is 5.73 Å². The van der Waals surface area contributed by atoms with Crippen LogP contribution >= 0.6 is 11.8 Å². The first kappa shape index (κ1) is 14.9. The summed E-state index contributed by atoms with van der Waals surface area (Å²) in [4.78, 5) is 1.99. The van der Waals surface area contributed by atoms with Gasteiger partial charge in [-0.3, -0.25) is 4.90 Å². The van der Waals surface area contributed by atoms with Crippen molar-refractivity contribution in [3.05, 3.63) is 23.7 Å². The van der Waals surface area contributed by atoms with Gasteiger partial charge in [0, 0.05) is 35.9 Å². The number of nitrogens with two attached hydrogens (primary N) is 1. The number of sulfone groups is 1. The molecule has 5 nitrogen and oxygen atoms in total. The topological polar surface area (TPSA) is 76.5 Å². The summed E-state index contributed by atoms with van der Waals surface area (Å²) in [5.74, 6) is 2.55. The van der Waals surface area contributed by atoms with E-state index in [9.17, 15) is 8.42 Å². The van der Waals surface area contributed by atoms with Gasteiger partial charge in [0.05, 0.1) is 12.8 Å². The molecule has 0 saturated carbocycles. The second kappa shape index (κ2) is 6.30. The Bertz CT molecular complexity index is 513. The Morgan fingerprint density at radius 1 is 1.58 bits per heavy atom. The highest BCUT2D eigenvalue weighted by atomic mass is 32.2. The maximum absolute atomic E-state index is 12.1. The van der Waals surface area contributed by atoms with Crippen LogP contribution in [0.15, 0.2) is 16.7 Å². The van der Waals surface area contributed by atoms with Gasteiger partial charge in [-0.1, -0.05) is 6.92 Å². The molecule has 0 radical (unpaired) electrons. The van der Waals surface area contributed by atoms with Crippen molar-refractivity contribution in [1.29, 1.82) is 0 Å². The van der Waals surface area contributed by atoms with Crippen molar-refractivity contribution < 1.29 is 12.8 Å². The molecule has 0 bridgehead atoms. The van der Waals surface area contributed by atoms with E-state index in [1.54, 1.807) is 24.9 Å². The minimum atomic E-state index is -3.06. The van der Waals surface area contributed by atoms with Crippen molar-refractivity contribution in [1.82, 2.24) is 4.90 Å². The molecule has 2 rings (SSSR count). The summed E-state index contributed by atoms with van der Waals surface area (Å²) >= 11 is 1.70. The van der Waals surface area contributed by atoms with E-state index in [4.69, 9.17) is 10.2 Å². The number of thioether (sulfide) groups is 1. The summed E-state index contributed by atoms with van der Waals surface area (Å²) in [6, 6.07) is 1.84. The average Bonchev–Trinajstić information content (AvgIpc) is 2.86. The van der Waals surface area contributed by atoms with Crippen LogP contribution in [-0.2, 0) is 22.9 Å². The summed E-state index contributed by atoms with van der Waals surface area (Å²) in [5.41, 5.74) is 6.60. The third kappa shape index (κ3) is 3.34. The second-order valence-corrected chi connectivity index (χ2v) is 8.12. The molecule has 1 aliphatic rings. The summed E-state index contributed by atoms with van der Waals surface area (Å²) in [7, 11) is -3.06. The molecule has 19 heavy (non-hydrogen) atoms. The van der Waals surface area contributed by atoms with E-state index in [1.807, 2.05) is 11.0 Å². The van der Waals surface area contributed by atoms with Gasteiger partial charge in [-0.2, -0.15) is 11.8 Å². The highest BCUT2D eigenvalue weighted by molar-refractivity contribution is 8.01. The smallest absolute Gasteiger partial charge is 0.166 e.